The Bertz CT molecular complexity index is 770. The normalized spacial score (nSPS) is 10.0. The van der Waals surface area contributed by atoms with Crippen LogP contribution in [0.1, 0.15) is 0 Å². The number of aromatic nitrogens is 2. The summed E-state index contributed by atoms with van der Waals surface area (Å²) in [4.78, 5) is 0. The van der Waals surface area contributed by atoms with Crippen molar-refractivity contribution in [2.45, 2.75) is 0 Å². The van der Waals surface area contributed by atoms with Gasteiger partial charge in [0, 0.05) is 0 Å². The average Bonchev–Trinajstić information content (AvgIpc) is 3.05. The molecule has 4 rings (SSSR count). The van der Waals surface area contributed by atoms with E-state index in [0.717, 1.165) is 0 Å². The predicted molar refractivity (Wildman–Crippen MR) is 83.5 cm³/mol. The van der Waals surface area contributed by atoms with Gasteiger partial charge in [0.1, 0.15) is 0 Å². The van der Waals surface area contributed by atoms with E-state index in [1.165, 1.54) is 21.8 Å². The molecule has 100 valence electrons. The van der Waals surface area contributed by atoms with Crippen LogP contribution in [0.15, 0.2) is 60.7 Å². The Morgan fingerprint density at radius 2 is 1.05 bits per heavy atom. The predicted octanol–water partition coefficient (Wildman–Crippen LogP) is 3.95. The van der Waals surface area contributed by atoms with Crippen molar-refractivity contribution in [3.8, 4) is 0 Å². The third-order valence-corrected chi connectivity index (χ3v) is 3.42. The first-order valence-electron chi connectivity index (χ1n) is 6.60. The molecule has 0 atom stereocenters. The van der Waals surface area contributed by atoms with Crippen LogP contribution < -0.4 is 0 Å². The van der Waals surface area contributed by atoms with Crippen LogP contribution in [0.2, 0.25) is 0 Å². The number of nitrogens with zero attached hydrogens (tertiary/aromatic N) is 2. The van der Waals surface area contributed by atoms with Crippen LogP contribution in [0.3, 0.4) is 0 Å². The largest absolute Gasteiger partial charge is 2.00 e. The molecular weight excluding hydrogens is 357 g/mol. The standard InChI is InChI=1S/2C9H8N.Cd/c2*1-10-7-6-8-4-2-3-5-9(8)10;/h2*2-6H,1H3;/q2*-1;+2. The fourth-order valence-corrected chi connectivity index (χ4v) is 2.30. The first-order chi connectivity index (χ1) is 9.75. The number of fused-ring (bicyclic) bond motifs is 2. The third-order valence-electron chi connectivity index (χ3n) is 3.42. The summed E-state index contributed by atoms with van der Waals surface area (Å²) in [7, 11) is 4.00. The van der Waals surface area contributed by atoms with Gasteiger partial charge in [0.2, 0.25) is 0 Å². The Hall–Kier alpha value is -1.56. The monoisotopic (exact) mass is 374 g/mol. The van der Waals surface area contributed by atoms with Gasteiger partial charge >= 0.3 is 27.3 Å². The molecule has 0 saturated carbocycles. The molecule has 2 heterocycles. The molecule has 3 heteroatoms. The molecule has 0 amide bonds. The summed E-state index contributed by atoms with van der Waals surface area (Å²) in [5.74, 6) is 0. The zero-order valence-corrected chi connectivity index (χ0v) is 16.4. The second-order valence-corrected chi connectivity index (χ2v) is 4.78. The number of benzene rings is 2. The molecule has 0 bridgehead atoms. The van der Waals surface area contributed by atoms with Crippen LogP contribution in [-0.2, 0) is 41.4 Å². The van der Waals surface area contributed by atoms with Gasteiger partial charge in [-0.2, -0.15) is 22.9 Å². The molecule has 2 nitrogen and oxygen atoms in total. The SMILES string of the molecule is Cn1[c-]cc2ccccc21.Cn1[c-]cc2ccccc21.[Cd+2]. The number of aryl methyl sites for hydroxylation is 2. The first-order valence-corrected chi connectivity index (χ1v) is 6.60. The van der Waals surface area contributed by atoms with Gasteiger partial charge in [-0.25, -0.2) is 0 Å². The van der Waals surface area contributed by atoms with Gasteiger partial charge < -0.3 is 9.13 Å². The summed E-state index contributed by atoms with van der Waals surface area (Å²) >= 11 is 0. The zero-order chi connectivity index (χ0) is 13.9. The van der Waals surface area contributed by atoms with Gasteiger partial charge in [0.15, 0.2) is 0 Å². The average molecular weight is 373 g/mol. The quantitative estimate of drug-likeness (QED) is 0.327. The molecule has 0 radical (unpaired) electrons. The van der Waals surface area contributed by atoms with E-state index in [2.05, 4.69) is 36.7 Å². The minimum Gasteiger partial charge on any atom is -0.466 e. The van der Waals surface area contributed by atoms with E-state index in [-0.39, 0.29) is 27.3 Å². The van der Waals surface area contributed by atoms with E-state index in [1.807, 2.05) is 59.6 Å². The summed E-state index contributed by atoms with van der Waals surface area (Å²) in [5, 5.41) is 2.51. The molecule has 2 aromatic carbocycles. The van der Waals surface area contributed by atoms with Gasteiger partial charge in [0.05, 0.1) is 0 Å². The second-order valence-electron chi connectivity index (χ2n) is 4.78. The maximum absolute atomic E-state index is 3.09. The van der Waals surface area contributed by atoms with E-state index in [9.17, 15) is 0 Å². The van der Waals surface area contributed by atoms with E-state index in [1.54, 1.807) is 0 Å². The molecule has 0 unspecified atom stereocenters. The fraction of sp³-hybridized carbons (Fsp3) is 0.111. The van der Waals surface area contributed by atoms with Crippen molar-refractivity contribution in [3.63, 3.8) is 0 Å². The Morgan fingerprint density at radius 3 is 1.43 bits per heavy atom. The van der Waals surface area contributed by atoms with Crippen LogP contribution >= 0.6 is 0 Å². The van der Waals surface area contributed by atoms with Crippen LogP contribution in [0.5, 0.6) is 0 Å². The fourth-order valence-electron chi connectivity index (χ4n) is 2.30. The molecule has 0 aliphatic carbocycles. The topological polar surface area (TPSA) is 9.86 Å². The van der Waals surface area contributed by atoms with Gasteiger partial charge in [-0.1, -0.05) is 24.3 Å². The molecule has 0 aliphatic heterocycles. The molecule has 0 spiro atoms. The smallest absolute Gasteiger partial charge is 0.466 e. The van der Waals surface area contributed by atoms with Crippen molar-refractivity contribution < 1.29 is 27.3 Å². The Kier molecular flexibility index (Phi) is 5.23. The molecule has 21 heavy (non-hydrogen) atoms. The maximum atomic E-state index is 3.09. The molecule has 0 saturated heterocycles. The Balaban J connectivity index is 0.000000147. The van der Waals surface area contributed by atoms with Crippen LogP contribution in [0.25, 0.3) is 21.8 Å². The maximum Gasteiger partial charge on any atom is 2.00 e. The van der Waals surface area contributed by atoms with Crippen LogP contribution in [-0.4, -0.2) is 9.13 Å². The van der Waals surface area contributed by atoms with E-state index in [0.29, 0.717) is 0 Å². The zero-order valence-electron chi connectivity index (χ0n) is 12.4. The van der Waals surface area contributed by atoms with Crippen molar-refractivity contribution in [2.75, 3.05) is 0 Å². The second kappa shape index (κ2) is 6.94. The number of hydrogen-bond acceptors (Lipinski definition) is 0. The summed E-state index contributed by atoms with van der Waals surface area (Å²) in [6.45, 7) is 0. The van der Waals surface area contributed by atoms with E-state index < -0.39 is 0 Å². The van der Waals surface area contributed by atoms with Crippen molar-refractivity contribution in [1.29, 1.82) is 0 Å². The molecule has 2 aromatic heterocycles. The number of hydrogen-bond donors (Lipinski definition) is 0. The Labute approximate surface area is 145 Å². The van der Waals surface area contributed by atoms with Crippen molar-refractivity contribution >= 4 is 21.8 Å². The van der Waals surface area contributed by atoms with Gasteiger partial charge in [-0.05, 0) is 14.1 Å². The summed E-state index contributed by atoms with van der Waals surface area (Å²) in [5.41, 5.74) is 2.48. The Morgan fingerprint density at radius 1 is 0.667 bits per heavy atom. The third kappa shape index (κ3) is 3.37. The van der Waals surface area contributed by atoms with Gasteiger partial charge in [0.25, 0.3) is 0 Å². The van der Waals surface area contributed by atoms with Gasteiger partial charge in [-0.3, -0.25) is 0 Å². The van der Waals surface area contributed by atoms with E-state index in [4.69, 9.17) is 0 Å². The van der Waals surface area contributed by atoms with Gasteiger partial charge in [-0.15, -0.1) is 47.7 Å². The van der Waals surface area contributed by atoms with Crippen LogP contribution in [0.4, 0.5) is 0 Å². The van der Waals surface area contributed by atoms with Crippen molar-refractivity contribution in [1.82, 2.24) is 9.13 Å². The van der Waals surface area contributed by atoms with Crippen molar-refractivity contribution in [3.05, 3.63) is 73.1 Å². The van der Waals surface area contributed by atoms with Crippen molar-refractivity contribution in [2.24, 2.45) is 14.1 Å². The summed E-state index contributed by atoms with van der Waals surface area (Å²) in [6.07, 6.45) is 6.19. The minimum absolute atomic E-state index is 0. The minimum atomic E-state index is 0. The first kappa shape index (κ1) is 15.8. The van der Waals surface area contributed by atoms with Crippen LogP contribution in [0, 0.1) is 12.4 Å². The molecular formula is C18H16CdN2. The summed E-state index contributed by atoms with van der Waals surface area (Å²) < 4.78 is 3.99. The molecule has 0 aliphatic rings. The molecule has 0 fully saturated rings. The number of rotatable bonds is 0. The number of para-hydroxylation sites is 2. The molecule has 4 aromatic rings. The van der Waals surface area contributed by atoms with E-state index >= 15 is 0 Å². The summed E-state index contributed by atoms with van der Waals surface area (Å²) in [6, 6.07) is 20.5. The molecule has 0 N–H and O–H groups in total.